The van der Waals surface area contributed by atoms with Crippen LogP contribution >= 0.6 is 11.3 Å². The normalized spacial score (nSPS) is 15.6. The van der Waals surface area contributed by atoms with Gasteiger partial charge in [0, 0.05) is 42.8 Å². The lowest BCUT2D eigenvalue weighted by atomic mass is 9.91. The maximum absolute atomic E-state index is 13.0. The van der Waals surface area contributed by atoms with Crippen LogP contribution in [-0.4, -0.2) is 60.6 Å². The third-order valence-corrected chi connectivity index (χ3v) is 6.86. The van der Waals surface area contributed by atoms with Crippen molar-refractivity contribution in [3.05, 3.63) is 39.8 Å². The summed E-state index contributed by atoms with van der Waals surface area (Å²) in [6, 6.07) is 1.76. The van der Waals surface area contributed by atoms with E-state index in [2.05, 4.69) is 10.3 Å². The Morgan fingerprint density at radius 3 is 2.37 bits per heavy atom. The first-order valence-corrected chi connectivity index (χ1v) is 13.0. The molecular formula is C20H24F3N3O7S2. The zero-order chi connectivity index (χ0) is 26.4. The van der Waals surface area contributed by atoms with Crippen LogP contribution in [0, 0.1) is 12.8 Å². The lowest BCUT2D eigenvalue weighted by Crippen LogP contribution is -2.36. The highest BCUT2D eigenvalue weighted by atomic mass is 32.2. The number of rotatable bonds is 6. The van der Waals surface area contributed by atoms with Gasteiger partial charge in [0.25, 0.3) is 5.56 Å². The predicted molar refractivity (Wildman–Crippen MR) is 120 cm³/mol. The zero-order valence-corrected chi connectivity index (χ0v) is 20.4. The number of alkyl halides is 3. The Morgan fingerprint density at radius 2 is 1.91 bits per heavy atom. The van der Waals surface area contributed by atoms with Gasteiger partial charge >= 0.3 is 12.1 Å². The van der Waals surface area contributed by atoms with E-state index in [4.69, 9.17) is 14.6 Å². The monoisotopic (exact) mass is 539 g/mol. The number of carboxylic acid groups (broad SMARTS) is 1. The number of nitrogens with zero attached hydrogens (tertiary/aromatic N) is 2. The molecule has 3 heterocycles. The number of carbonyl (C=O) groups is 2. The topological polar surface area (TPSA) is 145 Å². The number of amides is 1. The Hall–Kier alpha value is -2.78. The Balaban J connectivity index is 0.000000540. The van der Waals surface area contributed by atoms with E-state index in [1.54, 1.807) is 18.5 Å². The number of hydrogen-bond acceptors (Lipinski definition) is 8. The zero-order valence-electron chi connectivity index (χ0n) is 18.7. The molecule has 0 aliphatic carbocycles. The molecule has 1 atom stereocenters. The summed E-state index contributed by atoms with van der Waals surface area (Å²) < 4.78 is 62.2. The molecule has 2 aromatic rings. The molecule has 194 valence electrons. The number of ether oxygens (including phenoxy) is 1. The van der Waals surface area contributed by atoms with E-state index in [1.165, 1.54) is 22.0 Å². The maximum Gasteiger partial charge on any atom is 0.490 e. The molecule has 0 aromatic carbocycles. The molecule has 0 saturated carbocycles. The second-order valence-electron chi connectivity index (χ2n) is 7.75. The molecule has 1 fully saturated rings. The number of pyridine rings is 1. The summed E-state index contributed by atoms with van der Waals surface area (Å²) in [7, 11) is -3.52. The Kier molecular flexibility index (Phi) is 9.57. The van der Waals surface area contributed by atoms with Gasteiger partial charge in [-0.25, -0.2) is 18.2 Å². The number of aromatic nitrogens is 2. The van der Waals surface area contributed by atoms with E-state index in [9.17, 15) is 31.2 Å². The first-order valence-electron chi connectivity index (χ1n) is 10.2. The van der Waals surface area contributed by atoms with Gasteiger partial charge in [0.15, 0.2) is 15.0 Å². The summed E-state index contributed by atoms with van der Waals surface area (Å²) in [5.74, 6) is -2.85. The van der Waals surface area contributed by atoms with E-state index in [0.717, 1.165) is 25.2 Å². The van der Waals surface area contributed by atoms with E-state index >= 15 is 0 Å². The SMILES string of the molecule is Cc1cc(S(C)(=O)=O)cc(=O)n1C(CC1CCOCC1)C(=O)Nc1nccs1.O=C(O)C(F)(F)F. The lowest BCUT2D eigenvalue weighted by Gasteiger charge is -2.28. The minimum atomic E-state index is -5.08. The van der Waals surface area contributed by atoms with Gasteiger partial charge in [-0.1, -0.05) is 0 Å². The fourth-order valence-corrected chi connectivity index (χ4v) is 4.63. The summed E-state index contributed by atoms with van der Waals surface area (Å²) in [6.45, 7) is 2.91. The number of nitrogens with one attached hydrogen (secondary N) is 1. The molecule has 10 nitrogen and oxygen atoms in total. The molecular weight excluding hydrogens is 515 g/mol. The van der Waals surface area contributed by atoms with Crippen LogP contribution in [0.3, 0.4) is 0 Å². The molecule has 2 N–H and O–H groups in total. The summed E-state index contributed by atoms with van der Waals surface area (Å²) >= 11 is 1.29. The average Bonchev–Trinajstić information content (AvgIpc) is 3.25. The van der Waals surface area contributed by atoms with Crippen molar-refractivity contribution >= 4 is 38.2 Å². The van der Waals surface area contributed by atoms with Crippen LogP contribution in [0.2, 0.25) is 0 Å². The van der Waals surface area contributed by atoms with Crippen LogP contribution in [-0.2, 0) is 24.2 Å². The number of hydrogen-bond donors (Lipinski definition) is 2. The standard InChI is InChI=1S/C18H23N3O5S2.C2HF3O2/c1-12-9-14(28(2,24)25)11-16(22)21(12)15(10-13-3-6-26-7-4-13)17(23)20-18-19-5-8-27-18;3-2(4,5)1(6)7/h5,8-9,11,13,15H,3-4,6-7,10H2,1-2H3,(H,19,20,23);(H,6,7). The van der Waals surface area contributed by atoms with Gasteiger partial charge in [0.2, 0.25) is 5.91 Å². The Bertz CT molecular complexity index is 1190. The largest absolute Gasteiger partial charge is 0.490 e. The van der Waals surface area contributed by atoms with Crippen LogP contribution in [0.25, 0.3) is 0 Å². The molecule has 3 rings (SSSR count). The van der Waals surface area contributed by atoms with Gasteiger partial charge in [-0.2, -0.15) is 13.2 Å². The summed E-state index contributed by atoms with van der Waals surface area (Å²) in [4.78, 5) is 38.7. The Labute approximate surface area is 202 Å². The van der Waals surface area contributed by atoms with Gasteiger partial charge in [0.1, 0.15) is 6.04 Å². The van der Waals surface area contributed by atoms with Crippen LogP contribution in [0.5, 0.6) is 0 Å². The molecule has 1 saturated heterocycles. The molecule has 0 spiro atoms. The van der Waals surface area contributed by atoms with E-state index in [-0.39, 0.29) is 16.7 Å². The Morgan fingerprint density at radius 1 is 1.31 bits per heavy atom. The number of aryl methyl sites for hydroxylation is 1. The number of carboxylic acids is 1. The van der Waals surface area contributed by atoms with Crippen molar-refractivity contribution in [3.8, 4) is 0 Å². The molecule has 35 heavy (non-hydrogen) atoms. The minimum absolute atomic E-state index is 0.0450. The maximum atomic E-state index is 13.0. The van der Waals surface area contributed by atoms with Gasteiger partial charge in [-0.3, -0.25) is 9.59 Å². The van der Waals surface area contributed by atoms with Gasteiger partial charge in [0.05, 0.1) is 4.90 Å². The number of carbonyl (C=O) groups excluding carboxylic acids is 1. The number of anilines is 1. The number of sulfone groups is 1. The highest BCUT2D eigenvalue weighted by Gasteiger charge is 2.38. The summed E-state index contributed by atoms with van der Waals surface area (Å²) in [5, 5.41) is 12.1. The molecule has 1 aliphatic rings. The molecule has 1 aliphatic heterocycles. The molecule has 0 radical (unpaired) electrons. The molecule has 15 heteroatoms. The molecule has 1 amide bonds. The van der Waals surface area contributed by atoms with Crippen LogP contribution < -0.4 is 10.9 Å². The third-order valence-electron chi connectivity index (χ3n) is 5.08. The number of halogens is 3. The lowest BCUT2D eigenvalue weighted by molar-refractivity contribution is -0.192. The molecule has 0 bridgehead atoms. The van der Waals surface area contributed by atoms with Crippen molar-refractivity contribution in [1.82, 2.24) is 9.55 Å². The van der Waals surface area contributed by atoms with E-state index < -0.39 is 33.6 Å². The van der Waals surface area contributed by atoms with Crippen molar-refractivity contribution < 1.29 is 41.0 Å². The first-order chi connectivity index (χ1) is 16.2. The number of aliphatic carboxylic acids is 1. The van der Waals surface area contributed by atoms with Crippen molar-refractivity contribution in [3.63, 3.8) is 0 Å². The summed E-state index contributed by atoms with van der Waals surface area (Å²) in [6.07, 6.45) is -0.335. The first kappa shape index (κ1) is 28.5. The fourth-order valence-electron chi connectivity index (χ4n) is 3.40. The van der Waals surface area contributed by atoms with Crippen molar-refractivity contribution in [2.45, 2.75) is 43.3 Å². The summed E-state index contributed by atoms with van der Waals surface area (Å²) in [5.41, 5.74) is -0.0777. The highest BCUT2D eigenvalue weighted by Crippen LogP contribution is 2.28. The third kappa shape index (κ3) is 8.43. The van der Waals surface area contributed by atoms with Crippen LogP contribution in [0.1, 0.15) is 31.0 Å². The average molecular weight is 540 g/mol. The minimum Gasteiger partial charge on any atom is -0.475 e. The molecule has 2 aromatic heterocycles. The van der Waals surface area contributed by atoms with Gasteiger partial charge < -0.3 is 19.7 Å². The second kappa shape index (κ2) is 11.8. The van der Waals surface area contributed by atoms with E-state index in [1.807, 2.05) is 0 Å². The van der Waals surface area contributed by atoms with Crippen LogP contribution in [0.4, 0.5) is 18.3 Å². The predicted octanol–water partition coefficient (Wildman–Crippen LogP) is 2.65. The smallest absolute Gasteiger partial charge is 0.475 e. The van der Waals surface area contributed by atoms with Gasteiger partial charge in [-0.05, 0) is 38.2 Å². The van der Waals surface area contributed by atoms with Crippen LogP contribution in [0.15, 0.2) is 33.4 Å². The van der Waals surface area contributed by atoms with E-state index in [0.29, 0.717) is 30.5 Å². The van der Waals surface area contributed by atoms with Crippen molar-refractivity contribution in [2.24, 2.45) is 5.92 Å². The highest BCUT2D eigenvalue weighted by molar-refractivity contribution is 7.90. The fraction of sp³-hybridized carbons (Fsp3) is 0.500. The molecule has 1 unspecified atom stereocenters. The quantitative estimate of drug-likeness (QED) is 0.570. The van der Waals surface area contributed by atoms with Gasteiger partial charge in [-0.15, -0.1) is 11.3 Å². The van der Waals surface area contributed by atoms with Crippen molar-refractivity contribution in [2.75, 3.05) is 24.8 Å². The van der Waals surface area contributed by atoms with Crippen molar-refractivity contribution in [1.29, 1.82) is 0 Å². The second-order valence-corrected chi connectivity index (χ2v) is 10.7. The number of thiazole rings is 1.